The zero-order valence-corrected chi connectivity index (χ0v) is 11.5. The maximum atomic E-state index is 8.91. The molecule has 0 aliphatic heterocycles. The number of ether oxygens (including phenoxy) is 1. The van der Waals surface area contributed by atoms with Crippen LogP contribution in [0.3, 0.4) is 0 Å². The Bertz CT molecular complexity index is 407. The van der Waals surface area contributed by atoms with E-state index in [1.165, 1.54) is 5.56 Å². The summed E-state index contributed by atoms with van der Waals surface area (Å²) >= 11 is 0. The van der Waals surface area contributed by atoms with E-state index >= 15 is 0 Å². The van der Waals surface area contributed by atoms with Crippen LogP contribution < -0.4 is 10.1 Å². The van der Waals surface area contributed by atoms with Gasteiger partial charge in [0.2, 0.25) is 0 Å². The van der Waals surface area contributed by atoms with E-state index in [1.54, 1.807) is 0 Å². The summed E-state index contributed by atoms with van der Waals surface area (Å²) < 4.78 is 5.70. The highest BCUT2D eigenvalue weighted by atomic mass is 16.5. The SMILES string of the molecule is CNCc1cccc(OCCCC(C)(C)C#N)c1. The number of rotatable bonds is 7. The van der Waals surface area contributed by atoms with Crippen LogP contribution in [-0.2, 0) is 6.54 Å². The van der Waals surface area contributed by atoms with Gasteiger partial charge in [0.05, 0.1) is 18.1 Å². The minimum absolute atomic E-state index is 0.253. The van der Waals surface area contributed by atoms with Crippen molar-refractivity contribution in [2.24, 2.45) is 5.41 Å². The number of nitrogens with zero attached hydrogens (tertiary/aromatic N) is 1. The van der Waals surface area contributed by atoms with Crippen LogP contribution in [0.25, 0.3) is 0 Å². The topological polar surface area (TPSA) is 45.0 Å². The molecule has 0 aliphatic carbocycles. The molecule has 0 spiro atoms. The number of benzene rings is 1. The first-order valence-electron chi connectivity index (χ1n) is 6.35. The first kappa shape index (κ1) is 14.5. The van der Waals surface area contributed by atoms with E-state index in [-0.39, 0.29) is 5.41 Å². The van der Waals surface area contributed by atoms with Gasteiger partial charge in [-0.05, 0) is 51.4 Å². The van der Waals surface area contributed by atoms with E-state index in [0.29, 0.717) is 6.61 Å². The van der Waals surface area contributed by atoms with Gasteiger partial charge in [0.25, 0.3) is 0 Å². The van der Waals surface area contributed by atoms with Gasteiger partial charge in [0, 0.05) is 6.54 Å². The Morgan fingerprint density at radius 2 is 2.17 bits per heavy atom. The van der Waals surface area contributed by atoms with Crippen molar-refractivity contribution in [3.05, 3.63) is 29.8 Å². The molecule has 0 aliphatic rings. The molecule has 0 heterocycles. The van der Waals surface area contributed by atoms with Crippen LogP contribution in [0.15, 0.2) is 24.3 Å². The van der Waals surface area contributed by atoms with Crippen molar-refractivity contribution in [1.82, 2.24) is 5.32 Å². The average molecular weight is 246 g/mol. The molecule has 3 nitrogen and oxygen atoms in total. The molecule has 1 aromatic rings. The van der Waals surface area contributed by atoms with Crippen molar-refractivity contribution in [3.8, 4) is 11.8 Å². The molecule has 1 N–H and O–H groups in total. The van der Waals surface area contributed by atoms with Crippen LogP contribution >= 0.6 is 0 Å². The normalized spacial score (nSPS) is 11.0. The maximum absolute atomic E-state index is 8.91. The van der Waals surface area contributed by atoms with E-state index < -0.39 is 0 Å². The average Bonchev–Trinajstić information content (AvgIpc) is 2.36. The second-order valence-corrected chi connectivity index (χ2v) is 5.13. The smallest absolute Gasteiger partial charge is 0.119 e. The van der Waals surface area contributed by atoms with Gasteiger partial charge in [0.1, 0.15) is 5.75 Å². The number of nitrogens with one attached hydrogen (secondary N) is 1. The molecule has 0 bridgehead atoms. The van der Waals surface area contributed by atoms with Crippen molar-refractivity contribution < 1.29 is 4.74 Å². The van der Waals surface area contributed by atoms with E-state index in [9.17, 15) is 0 Å². The van der Waals surface area contributed by atoms with E-state index in [0.717, 1.165) is 25.1 Å². The highest BCUT2D eigenvalue weighted by Gasteiger charge is 2.15. The maximum Gasteiger partial charge on any atom is 0.119 e. The predicted octanol–water partition coefficient (Wildman–Crippen LogP) is 3.11. The van der Waals surface area contributed by atoms with Gasteiger partial charge in [-0.25, -0.2) is 0 Å². The van der Waals surface area contributed by atoms with Crippen LogP contribution in [0.4, 0.5) is 0 Å². The van der Waals surface area contributed by atoms with Crippen molar-refractivity contribution in [2.45, 2.75) is 33.2 Å². The molecule has 0 aromatic heterocycles. The fraction of sp³-hybridized carbons (Fsp3) is 0.533. The number of nitriles is 1. The highest BCUT2D eigenvalue weighted by molar-refractivity contribution is 5.28. The van der Waals surface area contributed by atoms with Crippen LogP contribution in [0.2, 0.25) is 0 Å². The lowest BCUT2D eigenvalue weighted by molar-refractivity contribution is 0.284. The Kier molecular flexibility index (Phi) is 5.67. The second kappa shape index (κ2) is 7.03. The van der Waals surface area contributed by atoms with Gasteiger partial charge in [-0.2, -0.15) is 5.26 Å². The molecule has 1 aromatic carbocycles. The summed E-state index contributed by atoms with van der Waals surface area (Å²) in [6.07, 6.45) is 1.76. The molecular formula is C15H22N2O. The molecule has 98 valence electrons. The third-order valence-corrected chi connectivity index (χ3v) is 2.80. The van der Waals surface area contributed by atoms with Gasteiger partial charge >= 0.3 is 0 Å². The molecule has 1 rings (SSSR count). The fourth-order valence-corrected chi connectivity index (χ4v) is 1.71. The summed E-state index contributed by atoms with van der Waals surface area (Å²) in [6.45, 7) is 5.42. The van der Waals surface area contributed by atoms with Gasteiger partial charge in [-0.1, -0.05) is 12.1 Å². The zero-order chi connectivity index (χ0) is 13.4. The molecule has 0 unspecified atom stereocenters. The Morgan fingerprint density at radius 1 is 1.39 bits per heavy atom. The van der Waals surface area contributed by atoms with E-state index in [4.69, 9.17) is 10.00 Å². The standard InChI is InChI=1S/C15H22N2O/c1-15(2,12-16)8-5-9-18-14-7-4-6-13(10-14)11-17-3/h4,6-7,10,17H,5,8-9,11H2,1-3H3. The molecule has 0 saturated carbocycles. The monoisotopic (exact) mass is 246 g/mol. The number of hydrogen-bond donors (Lipinski definition) is 1. The summed E-state index contributed by atoms with van der Waals surface area (Å²) in [6, 6.07) is 10.4. The minimum atomic E-state index is -0.253. The molecule has 18 heavy (non-hydrogen) atoms. The van der Waals surface area contributed by atoms with Gasteiger partial charge in [-0.3, -0.25) is 0 Å². The Labute approximate surface area is 110 Å². The lowest BCUT2D eigenvalue weighted by Gasteiger charge is -2.15. The summed E-state index contributed by atoms with van der Waals surface area (Å²) in [5.74, 6) is 0.900. The van der Waals surface area contributed by atoms with Crippen LogP contribution in [0.1, 0.15) is 32.3 Å². The molecule has 0 fully saturated rings. The van der Waals surface area contributed by atoms with Gasteiger partial charge in [0.15, 0.2) is 0 Å². The fourth-order valence-electron chi connectivity index (χ4n) is 1.71. The molecule has 0 saturated heterocycles. The van der Waals surface area contributed by atoms with Gasteiger partial charge < -0.3 is 10.1 Å². The van der Waals surface area contributed by atoms with Crippen LogP contribution in [0.5, 0.6) is 5.75 Å². The van der Waals surface area contributed by atoms with Crippen molar-refractivity contribution in [1.29, 1.82) is 5.26 Å². The first-order chi connectivity index (χ1) is 8.57. The highest BCUT2D eigenvalue weighted by Crippen LogP contribution is 2.21. The van der Waals surface area contributed by atoms with Crippen LogP contribution in [-0.4, -0.2) is 13.7 Å². The molecule has 3 heteroatoms. The molecule has 0 radical (unpaired) electrons. The number of hydrogen-bond acceptors (Lipinski definition) is 3. The van der Waals surface area contributed by atoms with Crippen LogP contribution in [0, 0.1) is 16.7 Å². The third-order valence-electron chi connectivity index (χ3n) is 2.80. The lowest BCUT2D eigenvalue weighted by Crippen LogP contribution is -2.10. The molecule has 0 atom stereocenters. The quantitative estimate of drug-likeness (QED) is 0.752. The lowest BCUT2D eigenvalue weighted by atomic mass is 9.90. The second-order valence-electron chi connectivity index (χ2n) is 5.13. The van der Waals surface area contributed by atoms with Crippen molar-refractivity contribution in [2.75, 3.05) is 13.7 Å². The Morgan fingerprint density at radius 3 is 2.83 bits per heavy atom. The Balaban J connectivity index is 2.36. The summed E-state index contributed by atoms with van der Waals surface area (Å²) in [5.41, 5.74) is 0.963. The molecular weight excluding hydrogens is 224 g/mol. The predicted molar refractivity (Wildman–Crippen MR) is 73.3 cm³/mol. The molecule has 0 amide bonds. The van der Waals surface area contributed by atoms with Gasteiger partial charge in [-0.15, -0.1) is 0 Å². The largest absolute Gasteiger partial charge is 0.494 e. The minimum Gasteiger partial charge on any atom is -0.494 e. The summed E-state index contributed by atoms with van der Waals surface area (Å²) in [4.78, 5) is 0. The van der Waals surface area contributed by atoms with E-state index in [1.807, 2.05) is 39.1 Å². The zero-order valence-electron chi connectivity index (χ0n) is 11.5. The van der Waals surface area contributed by atoms with Crippen molar-refractivity contribution in [3.63, 3.8) is 0 Å². The van der Waals surface area contributed by atoms with Crippen molar-refractivity contribution >= 4 is 0 Å². The van der Waals surface area contributed by atoms with E-state index in [2.05, 4.69) is 17.5 Å². The summed E-state index contributed by atoms with van der Waals surface area (Å²) in [7, 11) is 1.93. The summed E-state index contributed by atoms with van der Waals surface area (Å²) in [5, 5.41) is 12.0. The first-order valence-corrected chi connectivity index (χ1v) is 6.35. The Hall–Kier alpha value is -1.53. The third kappa shape index (κ3) is 5.20.